The molecular formula is C23H23N5O2. The summed E-state index contributed by atoms with van der Waals surface area (Å²) in [4.78, 5) is 24.7. The molecule has 0 saturated heterocycles. The maximum absolute atomic E-state index is 12.7. The summed E-state index contributed by atoms with van der Waals surface area (Å²) in [6.45, 7) is 2.44. The van der Waals surface area contributed by atoms with Crippen LogP contribution in [0.5, 0.6) is 0 Å². The zero-order chi connectivity index (χ0) is 20.9. The lowest BCUT2D eigenvalue weighted by Crippen LogP contribution is -2.26. The van der Waals surface area contributed by atoms with Gasteiger partial charge >= 0.3 is 0 Å². The van der Waals surface area contributed by atoms with Gasteiger partial charge in [0.15, 0.2) is 5.69 Å². The van der Waals surface area contributed by atoms with Crippen molar-refractivity contribution in [3.05, 3.63) is 77.1 Å². The molecule has 1 saturated carbocycles. The molecular weight excluding hydrogens is 378 g/mol. The molecule has 7 heteroatoms. The summed E-state index contributed by atoms with van der Waals surface area (Å²) < 4.78 is 1.61. The Hall–Kier alpha value is -3.74. The lowest BCUT2D eigenvalue weighted by atomic mass is 10.1. The third kappa shape index (κ3) is 4.46. The van der Waals surface area contributed by atoms with Gasteiger partial charge in [-0.1, -0.05) is 41.6 Å². The van der Waals surface area contributed by atoms with Crippen LogP contribution in [0.2, 0.25) is 0 Å². The molecule has 0 aliphatic heterocycles. The van der Waals surface area contributed by atoms with Gasteiger partial charge in [0.1, 0.15) is 5.69 Å². The average molecular weight is 401 g/mol. The Morgan fingerprint density at radius 3 is 2.43 bits per heavy atom. The number of carbonyl (C=O) groups is 2. The summed E-state index contributed by atoms with van der Waals surface area (Å²) in [5.41, 5.74) is 3.15. The fourth-order valence-corrected chi connectivity index (χ4v) is 3.03. The first-order valence-corrected chi connectivity index (χ1v) is 10.0. The fourth-order valence-electron chi connectivity index (χ4n) is 3.03. The van der Waals surface area contributed by atoms with E-state index in [1.54, 1.807) is 28.9 Å². The first-order valence-electron chi connectivity index (χ1n) is 10.0. The second-order valence-electron chi connectivity index (χ2n) is 7.13. The van der Waals surface area contributed by atoms with Crippen LogP contribution in [-0.2, 0) is 0 Å². The van der Waals surface area contributed by atoms with Crippen molar-refractivity contribution in [3.8, 4) is 5.69 Å². The molecule has 0 unspecified atom stereocenters. The monoisotopic (exact) mass is 401 g/mol. The van der Waals surface area contributed by atoms with Crippen LogP contribution in [0.25, 0.3) is 17.8 Å². The number of hydrogen-bond donors (Lipinski definition) is 2. The molecule has 30 heavy (non-hydrogen) atoms. The third-order valence-corrected chi connectivity index (χ3v) is 4.78. The second-order valence-corrected chi connectivity index (χ2v) is 7.13. The van der Waals surface area contributed by atoms with E-state index in [0.29, 0.717) is 23.5 Å². The van der Waals surface area contributed by atoms with E-state index >= 15 is 0 Å². The molecule has 0 radical (unpaired) electrons. The highest BCUT2D eigenvalue weighted by atomic mass is 16.2. The molecule has 4 rings (SSSR count). The van der Waals surface area contributed by atoms with E-state index in [1.807, 2.05) is 49.4 Å². The molecule has 152 valence electrons. The van der Waals surface area contributed by atoms with Crippen LogP contribution in [-0.4, -0.2) is 39.4 Å². The quantitative estimate of drug-likeness (QED) is 0.637. The molecule has 0 spiro atoms. The van der Waals surface area contributed by atoms with Crippen molar-refractivity contribution in [2.75, 3.05) is 6.54 Å². The van der Waals surface area contributed by atoms with Crippen molar-refractivity contribution in [3.63, 3.8) is 0 Å². The summed E-state index contributed by atoms with van der Waals surface area (Å²) in [6, 6.07) is 17.1. The van der Waals surface area contributed by atoms with Crippen molar-refractivity contribution in [2.24, 2.45) is 0 Å². The van der Waals surface area contributed by atoms with Gasteiger partial charge in [-0.15, -0.1) is 5.10 Å². The fraction of sp³-hybridized carbons (Fsp3) is 0.217. The van der Waals surface area contributed by atoms with Crippen molar-refractivity contribution in [2.45, 2.75) is 25.8 Å². The zero-order valence-corrected chi connectivity index (χ0v) is 16.7. The number of carbonyl (C=O) groups excluding carboxylic acids is 2. The molecule has 1 fully saturated rings. The number of hydrogen-bond acceptors (Lipinski definition) is 4. The van der Waals surface area contributed by atoms with E-state index in [2.05, 4.69) is 20.9 Å². The van der Waals surface area contributed by atoms with Crippen LogP contribution in [0.3, 0.4) is 0 Å². The van der Waals surface area contributed by atoms with Gasteiger partial charge in [0, 0.05) is 18.2 Å². The highest BCUT2D eigenvalue weighted by Gasteiger charge is 2.27. The van der Waals surface area contributed by atoms with Crippen molar-refractivity contribution < 1.29 is 9.59 Å². The smallest absolute Gasteiger partial charge is 0.274 e. The van der Waals surface area contributed by atoms with Gasteiger partial charge in [-0.3, -0.25) is 9.59 Å². The number of amides is 2. The molecule has 1 aliphatic rings. The summed E-state index contributed by atoms with van der Waals surface area (Å²) in [6.07, 6.45) is 5.76. The summed E-state index contributed by atoms with van der Waals surface area (Å²) in [5.74, 6) is -0.355. The number of nitrogens with zero attached hydrogens (tertiary/aromatic N) is 3. The Bertz CT molecular complexity index is 1070. The van der Waals surface area contributed by atoms with Crippen LogP contribution in [0.4, 0.5) is 0 Å². The molecule has 1 heterocycles. The SMILES string of the molecule is CCNC(=O)c1ccc(-n2nnc(C(=O)NC3CC3)c2/C=C/c2ccccc2)cc1. The van der Waals surface area contributed by atoms with Gasteiger partial charge in [0.05, 0.1) is 5.69 Å². The second kappa shape index (κ2) is 8.73. The van der Waals surface area contributed by atoms with Crippen LogP contribution in [0.1, 0.15) is 51.9 Å². The Kier molecular flexibility index (Phi) is 5.70. The molecule has 1 aliphatic carbocycles. The normalized spacial score (nSPS) is 13.4. The predicted molar refractivity (Wildman–Crippen MR) is 115 cm³/mol. The van der Waals surface area contributed by atoms with Gasteiger partial charge in [0.25, 0.3) is 11.8 Å². The third-order valence-electron chi connectivity index (χ3n) is 4.78. The van der Waals surface area contributed by atoms with Gasteiger partial charge in [-0.25, -0.2) is 4.68 Å². The van der Waals surface area contributed by atoms with Crippen molar-refractivity contribution in [1.82, 2.24) is 25.6 Å². The minimum Gasteiger partial charge on any atom is -0.352 e. The first-order chi connectivity index (χ1) is 14.7. The maximum Gasteiger partial charge on any atom is 0.274 e. The maximum atomic E-state index is 12.7. The number of aromatic nitrogens is 3. The average Bonchev–Trinajstić information content (AvgIpc) is 3.48. The van der Waals surface area contributed by atoms with E-state index < -0.39 is 0 Å². The van der Waals surface area contributed by atoms with Gasteiger partial charge in [-0.05, 0) is 55.7 Å². The predicted octanol–water partition coefficient (Wildman–Crippen LogP) is 3.08. The Morgan fingerprint density at radius 2 is 1.77 bits per heavy atom. The zero-order valence-electron chi connectivity index (χ0n) is 16.7. The minimum absolute atomic E-state index is 0.128. The Morgan fingerprint density at radius 1 is 1.03 bits per heavy atom. The van der Waals surface area contributed by atoms with E-state index in [4.69, 9.17) is 0 Å². The van der Waals surface area contributed by atoms with Crippen molar-refractivity contribution >= 4 is 24.0 Å². The lowest BCUT2D eigenvalue weighted by molar-refractivity contribution is 0.0941. The van der Waals surface area contributed by atoms with Crippen LogP contribution in [0, 0.1) is 0 Å². The molecule has 2 aromatic carbocycles. The molecule has 0 bridgehead atoms. The molecule has 2 amide bonds. The standard InChI is InChI=1S/C23H23N5O2/c1-2-24-22(29)17-9-13-19(14-10-17)28-20(15-8-16-6-4-3-5-7-16)21(26-27-28)23(30)25-18-11-12-18/h3-10,13-15,18H,2,11-12H2,1H3,(H,24,29)(H,25,30)/b15-8+. The number of nitrogens with one attached hydrogen (secondary N) is 2. The van der Waals surface area contributed by atoms with Gasteiger partial charge < -0.3 is 10.6 Å². The van der Waals surface area contributed by atoms with E-state index in [1.165, 1.54) is 0 Å². The lowest BCUT2D eigenvalue weighted by Gasteiger charge is -2.07. The Balaban J connectivity index is 1.68. The van der Waals surface area contributed by atoms with E-state index in [0.717, 1.165) is 18.4 Å². The Labute approximate surface area is 174 Å². The minimum atomic E-state index is -0.226. The summed E-state index contributed by atoms with van der Waals surface area (Å²) in [7, 11) is 0. The van der Waals surface area contributed by atoms with Crippen LogP contribution >= 0.6 is 0 Å². The molecule has 1 aromatic heterocycles. The highest BCUT2D eigenvalue weighted by molar-refractivity contribution is 5.97. The van der Waals surface area contributed by atoms with Crippen molar-refractivity contribution in [1.29, 1.82) is 0 Å². The van der Waals surface area contributed by atoms with Gasteiger partial charge in [0.2, 0.25) is 0 Å². The van der Waals surface area contributed by atoms with E-state index in [9.17, 15) is 9.59 Å². The van der Waals surface area contributed by atoms with E-state index in [-0.39, 0.29) is 23.6 Å². The highest BCUT2D eigenvalue weighted by Crippen LogP contribution is 2.21. The largest absolute Gasteiger partial charge is 0.352 e. The number of rotatable bonds is 7. The molecule has 3 aromatic rings. The topological polar surface area (TPSA) is 88.9 Å². The molecule has 2 N–H and O–H groups in total. The summed E-state index contributed by atoms with van der Waals surface area (Å²) in [5, 5.41) is 14.1. The first kappa shape index (κ1) is 19.6. The van der Waals surface area contributed by atoms with Gasteiger partial charge in [-0.2, -0.15) is 0 Å². The number of benzene rings is 2. The molecule has 0 atom stereocenters. The van der Waals surface area contributed by atoms with Crippen LogP contribution in [0.15, 0.2) is 54.6 Å². The van der Waals surface area contributed by atoms with Crippen LogP contribution < -0.4 is 10.6 Å². The molecule has 7 nitrogen and oxygen atoms in total. The summed E-state index contributed by atoms with van der Waals surface area (Å²) >= 11 is 0.